The molecule has 1 atom stereocenters. The van der Waals surface area contributed by atoms with Crippen molar-refractivity contribution in [3.8, 4) is 0 Å². The Balaban J connectivity index is 2.19. The Labute approximate surface area is 152 Å². The number of carbonyl (C=O) groups excluding carboxylic acids is 2. The van der Waals surface area contributed by atoms with Crippen molar-refractivity contribution in [1.29, 1.82) is 0 Å². The van der Waals surface area contributed by atoms with Crippen LogP contribution < -0.4 is 0 Å². The van der Waals surface area contributed by atoms with E-state index in [1.54, 1.807) is 19.9 Å². The summed E-state index contributed by atoms with van der Waals surface area (Å²) >= 11 is 6.48. The normalized spacial score (nSPS) is 17.7. The third kappa shape index (κ3) is 4.05. The Morgan fingerprint density at radius 3 is 2.46 bits per heavy atom. The molecule has 24 heavy (non-hydrogen) atoms. The van der Waals surface area contributed by atoms with Crippen LogP contribution in [0, 0.1) is 0 Å². The summed E-state index contributed by atoms with van der Waals surface area (Å²) in [4.78, 5) is 26.3. The van der Waals surface area contributed by atoms with E-state index in [4.69, 9.17) is 17.0 Å². The number of thioether (sulfide) groups is 1. The van der Waals surface area contributed by atoms with Gasteiger partial charge in [-0.1, -0.05) is 62.1 Å². The fourth-order valence-corrected chi connectivity index (χ4v) is 3.73. The van der Waals surface area contributed by atoms with Crippen molar-refractivity contribution < 1.29 is 14.3 Å². The summed E-state index contributed by atoms with van der Waals surface area (Å²) in [6, 6.07) is 7.36. The number of hydrogen-bond donors (Lipinski definition) is 0. The number of nitrogens with zero attached hydrogens (tertiary/aromatic N) is 1. The van der Waals surface area contributed by atoms with Gasteiger partial charge in [-0.15, -0.1) is 0 Å². The zero-order chi connectivity index (χ0) is 17.9. The van der Waals surface area contributed by atoms with Gasteiger partial charge >= 0.3 is 5.97 Å². The Hall–Kier alpha value is -1.66. The fourth-order valence-electron chi connectivity index (χ4n) is 2.31. The highest BCUT2D eigenvalue weighted by Crippen LogP contribution is 2.34. The van der Waals surface area contributed by atoms with Gasteiger partial charge in [0.05, 0.1) is 11.5 Å². The molecule has 0 saturated carbocycles. The lowest BCUT2D eigenvalue weighted by Gasteiger charge is -2.21. The summed E-state index contributed by atoms with van der Waals surface area (Å²) in [5.41, 5.74) is 2.18. The van der Waals surface area contributed by atoms with E-state index >= 15 is 0 Å². The second kappa shape index (κ2) is 7.94. The van der Waals surface area contributed by atoms with E-state index in [2.05, 4.69) is 26.0 Å². The van der Waals surface area contributed by atoms with Gasteiger partial charge in [0.15, 0.2) is 0 Å². The van der Waals surface area contributed by atoms with Crippen LogP contribution in [0.5, 0.6) is 0 Å². The van der Waals surface area contributed by atoms with Crippen LogP contribution in [0.15, 0.2) is 29.2 Å². The van der Waals surface area contributed by atoms with Crippen LogP contribution in [-0.4, -0.2) is 33.7 Å². The molecule has 6 heteroatoms. The summed E-state index contributed by atoms with van der Waals surface area (Å²) in [6.07, 6.45) is 1.81. The van der Waals surface area contributed by atoms with E-state index in [1.165, 1.54) is 22.2 Å². The van der Waals surface area contributed by atoms with Crippen LogP contribution >= 0.6 is 24.0 Å². The number of ether oxygens (including phenoxy) is 1. The van der Waals surface area contributed by atoms with Gasteiger partial charge in [-0.25, -0.2) is 4.79 Å². The topological polar surface area (TPSA) is 46.6 Å². The maximum absolute atomic E-state index is 12.6. The lowest BCUT2D eigenvalue weighted by molar-refractivity contribution is -0.149. The summed E-state index contributed by atoms with van der Waals surface area (Å²) in [6.45, 7) is 7.91. The maximum Gasteiger partial charge on any atom is 0.329 e. The molecule has 0 aliphatic carbocycles. The number of carbonyl (C=O) groups is 2. The first-order chi connectivity index (χ1) is 11.3. The molecule has 1 heterocycles. The Morgan fingerprint density at radius 2 is 1.92 bits per heavy atom. The van der Waals surface area contributed by atoms with Crippen molar-refractivity contribution in [3.63, 3.8) is 0 Å². The van der Waals surface area contributed by atoms with Crippen LogP contribution in [0.4, 0.5) is 0 Å². The molecular weight excluding hydrogens is 342 g/mol. The minimum absolute atomic E-state index is 0.251. The minimum atomic E-state index is -0.716. The zero-order valence-electron chi connectivity index (χ0n) is 14.2. The Morgan fingerprint density at radius 1 is 1.29 bits per heavy atom. The van der Waals surface area contributed by atoms with Gasteiger partial charge < -0.3 is 4.74 Å². The average Bonchev–Trinajstić information content (AvgIpc) is 2.81. The highest BCUT2D eigenvalue weighted by molar-refractivity contribution is 8.26. The van der Waals surface area contributed by atoms with Crippen LogP contribution in [0.3, 0.4) is 0 Å². The molecule has 0 spiro atoms. The third-order valence-corrected chi connectivity index (χ3v) is 5.07. The molecule has 1 aromatic rings. The molecule has 1 unspecified atom stereocenters. The summed E-state index contributed by atoms with van der Waals surface area (Å²) in [7, 11) is 0. The first-order valence-corrected chi connectivity index (χ1v) is 9.11. The SMILES string of the molecule is CCOC(=O)C(C)N1C(=O)/C(=C/c2ccc(C(C)C)cc2)SC1=S. The van der Waals surface area contributed by atoms with Crippen LogP contribution in [-0.2, 0) is 14.3 Å². The first-order valence-electron chi connectivity index (χ1n) is 7.88. The van der Waals surface area contributed by atoms with E-state index in [0.29, 0.717) is 15.1 Å². The standard InChI is InChI=1S/C18H21NO3S2/c1-5-22-17(21)12(4)19-16(20)15(24-18(19)23)10-13-6-8-14(9-7-13)11(2)3/h6-12H,5H2,1-4H3/b15-10-. The van der Waals surface area contributed by atoms with Crippen molar-refractivity contribution in [3.05, 3.63) is 40.3 Å². The molecule has 128 valence electrons. The van der Waals surface area contributed by atoms with Crippen LogP contribution in [0.25, 0.3) is 6.08 Å². The van der Waals surface area contributed by atoms with Gasteiger partial charge in [0.25, 0.3) is 5.91 Å². The van der Waals surface area contributed by atoms with Crippen molar-refractivity contribution in [2.45, 2.75) is 39.7 Å². The molecule has 1 saturated heterocycles. The molecule has 0 N–H and O–H groups in total. The average molecular weight is 364 g/mol. The minimum Gasteiger partial charge on any atom is -0.464 e. The summed E-state index contributed by atoms with van der Waals surface area (Å²) in [5.74, 6) is -0.238. The molecular formula is C18H21NO3S2. The van der Waals surface area contributed by atoms with E-state index in [1.807, 2.05) is 12.1 Å². The zero-order valence-corrected chi connectivity index (χ0v) is 15.9. The molecule has 1 aliphatic heterocycles. The van der Waals surface area contributed by atoms with Gasteiger partial charge in [-0.2, -0.15) is 0 Å². The molecule has 0 radical (unpaired) electrons. The molecule has 4 nitrogen and oxygen atoms in total. The molecule has 1 aliphatic rings. The molecule has 1 amide bonds. The van der Waals surface area contributed by atoms with E-state index < -0.39 is 12.0 Å². The van der Waals surface area contributed by atoms with Crippen molar-refractivity contribution in [1.82, 2.24) is 4.90 Å². The second-order valence-electron chi connectivity index (χ2n) is 5.80. The Bertz CT molecular complexity index is 680. The number of hydrogen-bond acceptors (Lipinski definition) is 5. The van der Waals surface area contributed by atoms with Gasteiger partial charge in [-0.05, 0) is 37.0 Å². The van der Waals surface area contributed by atoms with E-state index in [-0.39, 0.29) is 12.5 Å². The van der Waals surface area contributed by atoms with Gasteiger partial charge in [0.2, 0.25) is 0 Å². The van der Waals surface area contributed by atoms with Gasteiger partial charge in [0, 0.05) is 0 Å². The molecule has 1 aromatic carbocycles. The number of amides is 1. The highest BCUT2D eigenvalue weighted by atomic mass is 32.2. The fraction of sp³-hybridized carbons (Fsp3) is 0.389. The molecule has 0 bridgehead atoms. The lowest BCUT2D eigenvalue weighted by atomic mass is 10.0. The summed E-state index contributed by atoms with van der Waals surface area (Å²) < 4.78 is 5.36. The van der Waals surface area contributed by atoms with Crippen LogP contribution in [0.2, 0.25) is 0 Å². The second-order valence-corrected chi connectivity index (χ2v) is 7.48. The number of benzene rings is 1. The summed E-state index contributed by atoms with van der Waals surface area (Å²) in [5, 5.41) is 0. The van der Waals surface area contributed by atoms with Gasteiger partial charge in [0.1, 0.15) is 10.4 Å². The van der Waals surface area contributed by atoms with Crippen LogP contribution in [0.1, 0.15) is 44.7 Å². The lowest BCUT2D eigenvalue weighted by Crippen LogP contribution is -2.42. The molecule has 0 aromatic heterocycles. The van der Waals surface area contributed by atoms with Gasteiger partial charge in [-0.3, -0.25) is 9.69 Å². The molecule has 1 fully saturated rings. The highest BCUT2D eigenvalue weighted by Gasteiger charge is 2.38. The molecule has 2 rings (SSSR count). The van der Waals surface area contributed by atoms with Crippen molar-refractivity contribution in [2.75, 3.05) is 6.61 Å². The first kappa shape index (κ1) is 18.7. The quantitative estimate of drug-likeness (QED) is 0.450. The smallest absolute Gasteiger partial charge is 0.329 e. The Kier molecular flexibility index (Phi) is 6.18. The number of rotatable bonds is 5. The maximum atomic E-state index is 12.6. The predicted molar refractivity (Wildman–Crippen MR) is 102 cm³/mol. The van der Waals surface area contributed by atoms with E-state index in [0.717, 1.165) is 5.56 Å². The predicted octanol–water partition coefficient (Wildman–Crippen LogP) is 3.96. The monoisotopic (exact) mass is 363 g/mol. The largest absolute Gasteiger partial charge is 0.464 e. The number of thiocarbonyl (C=S) groups is 1. The number of esters is 1. The van der Waals surface area contributed by atoms with Crippen molar-refractivity contribution >= 4 is 46.3 Å². The third-order valence-electron chi connectivity index (χ3n) is 3.74. The van der Waals surface area contributed by atoms with Crippen molar-refractivity contribution in [2.24, 2.45) is 0 Å². The van der Waals surface area contributed by atoms with E-state index in [9.17, 15) is 9.59 Å².